The van der Waals surface area contributed by atoms with Crippen molar-refractivity contribution in [3.8, 4) is 0 Å². The molecule has 0 aliphatic carbocycles. The third-order valence-corrected chi connectivity index (χ3v) is 3.61. The van der Waals surface area contributed by atoms with Crippen LogP contribution in [-0.2, 0) is 21.0 Å². The Kier molecular flexibility index (Phi) is 8.44. The van der Waals surface area contributed by atoms with E-state index >= 15 is 0 Å². The summed E-state index contributed by atoms with van der Waals surface area (Å²) in [5.41, 5.74) is 0. The minimum atomic E-state index is -2.56. The van der Waals surface area contributed by atoms with Crippen molar-refractivity contribution in [3.05, 3.63) is 0 Å². The molecule has 0 heterocycles. The van der Waals surface area contributed by atoms with E-state index in [2.05, 4.69) is 0 Å². The van der Waals surface area contributed by atoms with Gasteiger partial charge in [0.25, 0.3) is 0 Å². The maximum atomic E-state index is 11.4. The highest BCUT2D eigenvalue weighted by molar-refractivity contribution is 6.46. The van der Waals surface area contributed by atoms with Crippen LogP contribution < -0.4 is 0 Å². The maximum absolute atomic E-state index is 11.4. The Hall–Kier alpha value is -0.408. The van der Waals surface area contributed by atoms with E-state index < -0.39 is 26.9 Å². The zero-order chi connectivity index (χ0) is 13.4. The SMILES string of the molecule is CCCC(=O)C(=O)[O][Al]([O]C(C)C)[O]C(C)C. The lowest BCUT2D eigenvalue weighted by Gasteiger charge is -2.17. The first-order valence-corrected chi connectivity index (χ1v) is 7.33. The maximum Gasteiger partial charge on any atom is 1.00 e. The average molecular weight is 260 g/mol. The Labute approximate surface area is 108 Å². The van der Waals surface area contributed by atoms with Gasteiger partial charge in [0.15, 0.2) is 0 Å². The van der Waals surface area contributed by atoms with Crippen molar-refractivity contribution in [2.75, 3.05) is 0 Å². The van der Waals surface area contributed by atoms with E-state index in [1.165, 1.54) is 0 Å². The highest BCUT2D eigenvalue weighted by Gasteiger charge is 2.40. The largest absolute Gasteiger partial charge is 1.00 e. The molecule has 0 aromatic carbocycles. The second kappa shape index (κ2) is 8.65. The molecular formula is C11H21AlO5. The van der Waals surface area contributed by atoms with Crippen LogP contribution in [0.15, 0.2) is 0 Å². The van der Waals surface area contributed by atoms with Crippen LogP contribution in [0.1, 0.15) is 47.5 Å². The summed E-state index contributed by atoms with van der Waals surface area (Å²) in [5.74, 6) is -1.37. The summed E-state index contributed by atoms with van der Waals surface area (Å²) in [7, 11) is 0. The predicted octanol–water partition coefficient (Wildman–Crippen LogP) is 1.73. The Morgan fingerprint density at radius 3 is 1.88 bits per heavy atom. The minimum Gasteiger partial charge on any atom is -0.566 e. The van der Waals surface area contributed by atoms with Crippen molar-refractivity contribution in [3.63, 3.8) is 0 Å². The molecule has 0 aromatic rings. The number of carbonyl (C=O) groups is 2. The summed E-state index contributed by atoms with van der Waals surface area (Å²) in [5, 5.41) is 0. The Balaban J connectivity index is 4.31. The minimum absolute atomic E-state index is 0.0977. The topological polar surface area (TPSA) is 61.8 Å². The molecule has 0 spiro atoms. The van der Waals surface area contributed by atoms with E-state index in [9.17, 15) is 9.59 Å². The molecule has 17 heavy (non-hydrogen) atoms. The van der Waals surface area contributed by atoms with Gasteiger partial charge in [0.1, 0.15) is 0 Å². The first-order valence-electron chi connectivity index (χ1n) is 5.91. The zero-order valence-electron chi connectivity index (χ0n) is 11.2. The van der Waals surface area contributed by atoms with Crippen molar-refractivity contribution in [1.29, 1.82) is 0 Å². The molecule has 0 fully saturated rings. The van der Waals surface area contributed by atoms with E-state index in [1.54, 1.807) is 0 Å². The summed E-state index contributed by atoms with van der Waals surface area (Å²) >= 11 is -2.56. The van der Waals surface area contributed by atoms with Gasteiger partial charge >= 0.3 is 21.1 Å². The molecule has 0 amide bonds. The summed E-state index contributed by atoms with van der Waals surface area (Å²) in [6.07, 6.45) is 0.624. The van der Waals surface area contributed by atoms with Crippen molar-refractivity contribution < 1.29 is 21.0 Å². The normalized spacial score (nSPS) is 10.8. The standard InChI is InChI=1S/C5H8O3.2C3H7O.Al/c1-2-3-4(6)5(7)8;2*1-3(2)4;/h2-3H2,1H3,(H,7,8);2*3H,1-2H3;/q;2*-1;+3/p-1. The first kappa shape index (κ1) is 16.6. The summed E-state index contributed by atoms with van der Waals surface area (Å²) in [6, 6.07) is 0. The summed E-state index contributed by atoms with van der Waals surface area (Å²) in [6.45, 7) is 9.13. The van der Waals surface area contributed by atoms with Crippen LogP contribution in [0, 0.1) is 0 Å². The fourth-order valence-electron chi connectivity index (χ4n) is 1.01. The van der Waals surface area contributed by atoms with Crippen molar-refractivity contribution in [2.45, 2.75) is 59.7 Å². The third-order valence-electron chi connectivity index (χ3n) is 1.67. The fraction of sp³-hybridized carbons (Fsp3) is 0.818. The summed E-state index contributed by atoms with van der Waals surface area (Å²) < 4.78 is 15.8. The number of hydrogen-bond acceptors (Lipinski definition) is 5. The molecule has 6 heteroatoms. The third kappa shape index (κ3) is 8.33. The van der Waals surface area contributed by atoms with E-state index in [1.807, 2.05) is 34.6 Å². The molecule has 0 saturated heterocycles. The lowest BCUT2D eigenvalue weighted by atomic mass is 10.2. The van der Waals surface area contributed by atoms with Gasteiger partial charge in [0, 0.05) is 18.6 Å². The van der Waals surface area contributed by atoms with Gasteiger partial charge in [0.05, 0.1) is 0 Å². The summed E-state index contributed by atoms with van der Waals surface area (Å²) in [4.78, 5) is 22.7. The fourth-order valence-corrected chi connectivity index (χ4v) is 2.38. The number of rotatable bonds is 8. The molecule has 0 radical (unpaired) electrons. The van der Waals surface area contributed by atoms with Crippen molar-refractivity contribution in [1.82, 2.24) is 0 Å². The predicted molar refractivity (Wildman–Crippen MR) is 64.2 cm³/mol. The lowest BCUT2D eigenvalue weighted by Crippen LogP contribution is -2.36. The van der Waals surface area contributed by atoms with Crippen LogP contribution in [0.4, 0.5) is 0 Å². The van der Waals surface area contributed by atoms with Crippen LogP contribution in [0.25, 0.3) is 0 Å². The van der Waals surface area contributed by atoms with Gasteiger partial charge in [-0.3, -0.25) is 4.79 Å². The Morgan fingerprint density at radius 2 is 1.53 bits per heavy atom. The number of carbonyl (C=O) groups excluding carboxylic acids is 2. The van der Waals surface area contributed by atoms with E-state index in [4.69, 9.17) is 11.4 Å². The van der Waals surface area contributed by atoms with E-state index in [-0.39, 0.29) is 18.6 Å². The molecule has 0 aliphatic rings. The zero-order valence-corrected chi connectivity index (χ0v) is 12.3. The first-order chi connectivity index (χ1) is 7.86. The Bertz CT molecular complexity index is 242. The van der Waals surface area contributed by atoms with Gasteiger partial charge in [-0.05, 0) is 34.1 Å². The molecule has 0 bridgehead atoms. The van der Waals surface area contributed by atoms with Crippen LogP contribution in [0.2, 0.25) is 0 Å². The highest BCUT2D eigenvalue weighted by Crippen LogP contribution is 2.03. The molecule has 0 unspecified atom stereocenters. The molecule has 0 saturated carbocycles. The van der Waals surface area contributed by atoms with Crippen LogP contribution in [0.5, 0.6) is 0 Å². The smallest absolute Gasteiger partial charge is 0.566 e. The van der Waals surface area contributed by atoms with Gasteiger partial charge in [-0.1, -0.05) is 6.92 Å². The molecule has 0 rings (SSSR count). The second-order valence-electron chi connectivity index (χ2n) is 4.24. The Morgan fingerprint density at radius 1 is 1.06 bits per heavy atom. The molecule has 0 aliphatic heterocycles. The van der Waals surface area contributed by atoms with Crippen molar-refractivity contribution in [2.24, 2.45) is 0 Å². The average Bonchev–Trinajstić information content (AvgIpc) is 2.15. The quantitative estimate of drug-likeness (QED) is 0.491. The monoisotopic (exact) mass is 260 g/mol. The second-order valence-corrected chi connectivity index (χ2v) is 5.59. The van der Waals surface area contributed by atoms with Crippen LogP contribution >= 0.6 is 0 Å². The molecule has 5 nitrogen and oxygen atoms in total. The lowest BCUT2D eigenvalue weighted by molar-refractivity contribution is -0.150. The molecule has 98 valence electrons. The van der Waals surface area contributed by atoms with Crippen molar-refractivity contribution >= 4 is 26.9 Å². The van der Waals surface area contributed by atoms with Gasteiger partial charge in [-0.15, -0.1) is 0 Å². The molecular weight excluding hydrogens is 239 g/mol. The van der Waals surface area contributed by atoms with Gasteiger partial charge in [-0.25, -0.2) is 4.79 Å². The number of hydrogen-bond donors (Lipinski definition) is 0. The van der Waals surface area contributed by atoms with Gasteiger partial charge < -0.3 is 11.4 Å². The van der Waals surface area contributed by atoms with E-state index in [0.29, 0.717) is 6.42 Å². The number of ketones is 1. The molecule has 0 atom stereocenters. The van der Waals surface area contributed by atoms with Crippen LogP contribution in [0.3, 0.4) is 0 Å². The van der Waals surface area contributed by atoms with Gasteiger partial charge in [0.2, 0.25) is 5.78 Å². The highest BCUT2D eigenvalue weighted by atomic mass is 27.3. The van der Waals surface area contributed by atoms with Gasteiger partial charge in [-0.2, -0.15) is 0 Å². The van der Waals surface area contributed by atoms with Crippen LogP contribution in [-0.4, -0.2) is 39.1 Å². The molecule has 0 N–H and O–H groups in total. The van der Waals surface area contributed by atoms with E-state index in [0.717, 1.165) is 0 Å². The number of Topliss-reactive ketones (excluding diaryl/α,β-unsaturated/α-hetero) is 1. The molecule has 0 aromatic heterocycles.